The number of phenolic OH excluding ortho intramolecular Hbond substituents is 1. The third-order valence-corrected chi connectivity index (χ3v) is 3.27. The number of carboxylic acid groups (broad SMARTS) is 2. The Morgan fingerprint density at radius 2 is 1.74 bits per heavy atom. The highest BCUT2D eigenvalue weighted by Crippen LogP contribution is 2.35. The topological polar surface area (TPSA) is 154 Å². The van der Waals surface area contributed by atoms with Crippen molar-refractivity contribution < 1.29 is 29.3 Å². The Morgan fingerprint density at radius 3 is 2.22 bits per heavy atom. The van der Waals surface area contributed by atoms with Crippen LogP contribution in [0.25, 0.3) is 11.1 Å². The lowest BCUT2D eigenvalue weighted by atomic mass is 9.95. The Bertz CT molecular complexity index is 885. The summed E-state index contributed by atoms with van der Waals surface area (Å²) in [6, 6.07) is 1.57. The number of phenols is 1. The first kappa shape index (κ1) is 16.3. The lowest BCUT2D eigenvalue weighted by Gasteiger charge is -2.13. The fourth-order valence-corrected chi connectivity index (χ4v) is 2.25. The molecule has 10 heteroatoms. The summed E-state index contributed by atoms with van der Waals surface area (Å²) in [5.74, 6) is -6.11. The molecule has 0 fully saturated rings. The average Bonchev–Trinajstić information content (AvgIpc) is 2.42. The van der Waals surface area contributed by atoms with Crippen LogP contribution in [0, 0.1) is 5.82 Å². The third-order valence-electron chi connectivity index (χ3n) is 2.98. The van der Waals surface area contributed by atoms with Crippen molar-refractivity contribution in [3.63, 3.8) is 0 Å². The standard InChI is InChI=1S/C13H8ClFN2O6/c14-4-1-3(2-5(15)9(4)18)6-7(12(20)21)10(16)17-11(19)8(6)13(22)23/h1-2,18H,(H,20,21)(H,22,23)(H3,16,17,19). The van der Waals surface area contributed by atoms with E-state index in [0.29, 0.717) is 6.07 Å². The van der Waals surface area contributed by atoms with Crippen LogP contribution in [0.2, 0.25) is 5.02 Å². The van der Waals surface area contributed by atoms with Gasteiger partial charge in [-0.3, -0.25) is 4.79 Å². The number of rotatable bonds is 3. The number of hydrogen-bond acceptors (Lipinski definition) is 5. The number of nitrogens with two attached hydrogens (primary N) is 1. The number of pyridine rings is 1. The predicted octanol–water partition coefficient (Wildman–Crippen LogP) is 1.52. The quantitative estimate of drug-likeness (QED) is 0.566. The number of anilines is 1. The lowest BCUT2D eigenvalue weighted by molar-refractivity contribution is 0.0695. The molecule has 6 N–H and O–H groups in total. The SMILES string of the molecule is Nc1[nH]c(=O)c(C(=O)O)c(-c2cc(F)c(O)c(Cl)c2)c1C(=O)O. The molecule has 1 aromatic heterocycles. The van der Waals surface area contributed by atoms with Gasteiger partial charge in [0, 0.05) is 5.56 Å². The van der Waals surface area contributed by atoms with Gasteiger partial charge in [0.15, 0.2) is 11.6 Å². The molecule has 23 heavy (non-hydrogen) atoms. The van der Waals surface area contributed by atoms with Gasteiger partial charge < -0.3 is 26.0 Å². The van der Waals surface area contributed by atoms with Gasteiger partial charge in [0.05, 0.1) is 5.02 Å². The van der Waals surface area contributed by atoms with Crippen LogP contribution in [0.15, 0.2) is 16.9 Å². The summed E-state index contributed by atoms with van der Waals surface area (Å²) in [6.07, 6.45) is 0. The van der Waals surface area contributed by atoms with Crippen molar-refractivity contribution in [2.45, 2.75) is 0 Å². The fraction of sp³-hybridized carbons (Fsp3) is 0. The molecule has 8 nitrogen and oxygen atoms in total. The minimum atomic E-state index is -1.74. The molecular formula is C13H8ClFN2O6. The van der Waals surface area contributed by atoms with Gasteiger partial charge in [0.1, 0.15) is 16.9 Å². The predicted molar refractivity (Wildman–Crippen MR) is 77.5 cm³/mol. The van der Waals surface area contributed by atoms with Gasteiger partial charge in [-0.2, -0.15) is 0 Å². The molecule has 1 heterocycles. The Hall–Kier alpha value is -3.07. The molecule has 2 rings (SSSR count). The van der Waals surface area contributed by atoms with Gasteiger partial charge in [-0.15, -0.1) is 0 Å². The second-order valence-corrected chi connectivity index (χ2v) is 4.80. The van der Waals surface area contributed by atoms with E-state index in [9.17, 15) is 29.0 Å². The van der Waals surface area contributed by atoms with Gasteiger partial charge in [-0.05, 0) is 17.7 Å². The number of carboxylic acids is 2. The molecule has 0 saturated heterocycles. The minimum Gasteiger partial charge on any atom is -0.504 e. The normalized spacial score (nSPS) is 10.5. The van der Waals surface area contributed by atoms with Gasteiger partial charge in [-0.1, -0.05) is 11.6 Å². The maximum atomic E-state index is 13.6. The maximum absolute atomic E-state index is 13.6. The summed E-state index contributed by atoms with van der Waals surface area (Å²) in [6.45, 7) is 0. The Morgan fingerprint density at radius 1 is 1.17 bits per heavy atom. The number of aromatic amines is 1. The number of hydrogen-bond donors (Lipinski definition) is 5. The summed E-state index contributed by atoms with van der Waals surface area (Å²) in [5, 5.41) is 27.2. The van der Waals surface area contributed by atoms with E-state index in [-0.39, 0.29) is 5.56 Å². The molecule has 0 unspecified atom stereocenters. The summed E-state index contributed by atoms with van der Waals surface area (Å²) in [5.41, 5.74) is 1.63. The van der Waals surface area contributed by atoms with Crippen LogP contribution in [0.5, 0.6) is 5.75 Å². The van der Waals surface area contributed by atoms with E-state index in [4.69, 9.17) is 22.4 Å². The summed E-state index contributed by atoms with van der Waals surface area (Å²) in [7, 11) is 0. The number of carbonyl (C=O) groups is 2. The number of halogens is 2. The largest absolute Gasteiger partial charge is 0.504 e. The minimum absolute atomic E-state index is 0.335. The Labute approximate surface area is 131 Å². The molecular weight excluding hydrogens is 335 g/mol. The van der Waals surface area contributed by atoms with E-state index in [1.807, 2.05) is 4.98 Å². The Kier molecular flexibility index (Phi) is 3.98. The van der Waals surface area contributed by atoms with E-state index >= 15 is 0 Å². The highest BCUT2D eigenvalue weighted by Gasteiger charge is 2.27. The van der Waals surface area contributed by atoms with Crippen LogP contribution in [0.1, 0.15) is 20.7 Å². The van der Waals surface area contributed by atoms with Gasteiger partial charge in [-0.25, -0.2) is 14.0 Å². The van der Waals surface area contributed by atoms with E-state index < -0.39 is 56.6 Å². The molecule has 1 aromatic carbocycles. The molecule has 0 radical (unpaired) electrons. The molecule has 120 valence electrons. The zero-order chi connectivity index (χ0) is 17.5. The molecule has 0 aliphatic carbocycles. The number of aromatic nitrogens is 1. The molecule has 0 bridgehead atoms. The molecule has 0 saturated carbocycles. The van der Waals surface area contributed by atoms with Crippen molar-refractivity contribution in [3.8, 4) is 16.9 Å². The van der Waals surface area contributed by atoms with Crippen molar-refractivity contribution in [2.24, 2.45) is 0 Å². The van der Waals surface area contributed by atoms with E-state index in [1.54, 1.807) is 0 Å². The first-order valence-electron chi connectivity index (χ1n) is 5.85. The number of H-pyrrole nitrogens is 1. The van der Waals surface area contributed by atoms with E-state index in [0.717, 1.165) is 6.07 Å². The molecule has 2 aromatic rings. The first-order valence-corrected chi connectivity index (χ1v) is 6.23. The first-order chi connectivity index (χ1) is 10.6. The molecule has 0 aliphatic rings. The summed E-state index contributed by atoms with van der Waals surface area (Å²) < 4.78 is 13.6. The summed E-state index contributed by atoms with van der Waals surface area (Å²) in [4.78, 5) is 36.4. The highest BCUT2D eigenvalue weighted by molar-refractivity contribution is 6.32. The average molecular weight is 343 g/mol. The van der Waals surface area contributed by atoms with Crippen LogP contribution >= 0.6 is 11.6 Å². The summed E-state index contributed by atoms with van der Waals surface area (Å²) >= 11 is 5.61. The lowest BCUT2D eigenvalue weighted by Crippen LogP contribution is -2.24. The molecule has 0 amide bonds. The van der Waals surface area contributed by atoms with Crippen LogP contribution in [0.3, 0.4) is 0 Å². The van der Waals surface area contributed by atoms with Gasteiger partial charge in [0.25, 0.3) is 5.56 Å². The Balaban J connectivity index is 3.03. The third kappa shape index (κ3) is 2.69. The van der Waals surface area contributed by atoms with Crippen LogP contribution in [0.4, 0.5) is 10.2 Å². The number of nitrogen functional groups attached to an aromatic ring is 1. The van der Waals surface area contributed by atoms with Crippen molar-refractivity contribution in [1.82, 2.24) is 4.98 Å². The van der Waals surface area contributed by atoms with E-state index in [1.165, 1.54) is 0 Å². The highest BCUT2D eigenvalue weighted by atomic mass is 35.5. The van der Waals surface area contributed by atoms with Crippen LogP contribution in [-0.2, 0) is 0 Å². The van der Waals surface area contributed by atoms with Gasteiger partial charge in [0.2, 0.25) is 0 Å². The zero-order valence-corrected chi connectivity index (χ0v) is 11.8. The zero-order valence-electron chi connectivity index (χ0n) is 11.1. The maximum Gasteiger partial charge on any atom is 0.342 e. The monoisotopic (exact) mass is 342 g/mol. The van der Waals surface area contributed by atoms with Crippen molar-refractivity contribution >= 4 is 29.4 Å². The van der Waals surface area contributed by atoms with E-state index in [2.05, 4.69) is 0 Å². The number of aromatic hydroxyl groups is 1. The number of nitrogens with one attached hydrogen (secondary N) is 1. The second-order valence-electron chi connectivity index (χ2n) is 4.39. The van der Waals surface area contributed by atoms with Crippen molar-refractivity contribution in [1.29, 1.82) is 0 Å². The van der Waals surface area contributed by atoms with Crippen molar-refractivity contribution in [3.05, 3.63) is 44.5 Å². The molecule has 0 atom stereocenters. The fourth-order valence-electron chi connectivity index (χ4n) is 2.05. The van der Waals surface area contributed by atoms with Gasteiger partial charge >= 0.3 is 11.9 Å². The molecule has 0 spiro atoms. The molecule has 0 aliphatic heterocycles. The second kappa shape index (κ2) is 5.61. The number of benzene rings is 1. The van der Waals surface area contributed by atoms with Crippen LogP contribution < -0.4 is 11.3 Å². The van der Waals surface area contributed by atoms with Crippen molar-refractivity contribution in [2.75, 3.05) is 5.73 Å². The smallest absolute Gasteiger partial charge is 0.342 e. The van der Waals surface area contributed by atoms with Crippen LogP contribution in [-0.4, -0.2) is 32.2 Å². The number of aromatic carboxylic acids is 2.